The van der Waals surface area contributed by atoms with Gasteiger partial charge < -0.3 is 15.4 Å². The standard InChI is InChI=1S/C14H26N4O2/c1-11(2)20-9-8-17(4)14(19)13-10-16-18(12(13)3)7-5-6-15/h10-11H,5-9,15H2,1-4H3. The minimum atomic E-state index is -0.0196. The van der Waals surface area contributed by atoms with Gasteiger partial charge in [0, 0.05) is 25.8 Å². The first-order valence-corrected chi connectivity index (χ1v) is 7.07. The van der Waals surface area contributed by atoms with Gasteiger partial charge >= 0.3 is 0 Å². The molecule has 0 spiro atoms. The van der Waals surface area contributed by atoms with Gasteiger partial charge in [-0.3, -0.25) is 9.48 Å². The molecule has 1 amide bonds. The van der Waals surface area contributed by atoms with Crippen molar-refractivity contribution in [3.8, 4) is 0 Å². The molecule has 0 unspecified atom stereocenters. The molecule has 0 atom stereocenters. The molecule has 1 aromatic heterocycles. The van der Waals surface area contributed by atoms with Crippen LogP contribution in [0.25, 0.3) is 0 Å². The van der Waals surface area contributed by atoms with E-state index in [1.165, 1.54) is 0 Å². The van der Waals surface area contributed by atoms with Crippen LogP contribution in [0.2, 0.25) is 0 Å². The number of ether oxygens (including phenoxy) is 1. The number of carbonyl (C=O) groups excluding carboxylic acids is 1. The molecule has 2 N–H and O–H groups in total. The van der Waals surface area contributed by atoms with Crippen LogP contribution in [0.1, 0.15) is 36.3 Å². The number of hydrogen-bond acceptors (Lipinski definition) is 4. The molecule has 0 aliphatic rings. The van der Waals surface area contributed by atoms with Crippen molar-refractivity contribution in [3.05, 3.63) is 17.5 Å². The molecule has 0 bridgehead atoms. The molecule has 1 rings (SSSR count). The molecule has 0 aliphatic heterocycles. The summed E-state index contributed by atoms with van der Waals surface area (Å²) in [4.78, 5) is 14.0. The summed E-state index contributed by atoms with van der Waals surface area (Å²) in [5.41, 5.74) is 7.03. The van der Waals surface area contributed by atoms with Gasteiger partial charge in [-0.2, -0.15) is 5.10 Å². The van der Waals surface area contributed by atoms with E-state index in [9.17, 15) is 4.79 Å². The largest absolute Gasteiger partial charge is 0.377 e. The van der Waals surface area contributed by atoms with Gasteiger partial charge in [0.25, 0.3) is 5.91 Å². The lowest BCUT2D eigenvalue weighted by Crippen LogP contribution is -2.31. The molecule has 0 aliphatic carbocycles. The highest BCUT2D eigenvalue weighted by Gasteiger charge is 2.17. The third-order valence-corrected chi connectivity index (χ3v) is 3.13. The number of amides is 1. The van der Waals surface area contributed by atoms with Crippen LogP contribution in [0.5, 0.6) is 0 Å². The van der Waals surface area contributed by atoms with Crippen LogP contribution >= 0.6 is 0 Å². The van der Waals surface area contributed by atoms with Crippen LogP contribution in [0.15, 0.2) is 6.20 Å². The van der Waals surface area contributed by atoms with Crippen molar-refractivity contribution in [2.24, 2.45) is 5.73 Å². The molecule has 0 saturated heterocycles. The Bertz CT molecular complexity index is 429. The van der Waals surface area contributed by atoms with Gasteiger partial charge in [0.1, 0.15) is 0 Å². The number of nitrogens with zero attached hydrogens (tertiary/aromatic N) is 3. The number of nitrogens with two attached hydrogens (primary N) is 1. The van der Waals surface area contributed by atoms with E-state index in [2.05, 4.69) is 5.10 Å². The molecule has 0 aromatic carbocycles. The highest BCUT2D eigenvalue weighted by atomic mass is 16.5. The summed E-state index contributed by atoms with van der Waals surface area (Å²) in [6, 6.07) is 0. The van der Waals surface area contributed by atoms with Crippen LogP contribution in [-0.4, -0.2) is 53.4 Å². The maximum atomic E-state index is 12.3. The van der Waals surface area contributed by atoms with Gasteiger partial charge in [0.05, 0.1) is 24.5 Å². The highest BCUT2D eigenvalue weighted by Crippen LogP contribution is 2.10. The van der Waals surface area contributed by atoms with Crippen molar-refractivity contribution in [2.75, 3.05) is 26.7 Å². The van der Waals surface area contributed by atoms with E-state index < -0.39 is 0 Å². The fourth-order valence-corrected chi connectivity index (χ4v) is 1.86. The predicted molar refractivity (Wildman–Crippen MR) is 78.7 cm³/mol. The van der Waals surface area contributed by atoms with Gasteiger partial charge in [-0.15, -0.1) is 0 Å². The lowest BCUT2D eigenvalue weighted by molar-refractivity contribution is 0.0531. The maximum absolute atomic E-state index is 12.3. The van der Waals surface area contributed by atoms with Crippen LogP contribution < -0.4 is 5.73 Å². The molecular weight excluding hydrogens is 256 g/mol. The number of hydrogen-bond donors (Lipinski definition) is 1. The number of aryl methyl sites for hydroxylation is 1. The van der Waals surface area contributed by atoms with E-state index in [0.29, 0.717) is 25.3 Å². The Labute approximate surface area is 120 Å². The molecule has 6 nitrogen and oxygen atoms in total. The minimum absolute atomic E-state index is 0.0196. The second-order valence-corrected chi connectivity index (χ2v) is 5.16. The van der Waals surface area contributed by atoms with Crippen LogP contribution in [0, 0.1) is 6.92 Å². The number of carbonyl (C=O) groups is 1. The van der Waals surface area contributed by atoms with E-state index in [1.807, 2.05) is 25.5 Å². The zero-order chi connectivity index (χ0) is 15.1. The van der Waals surface area contributed by atoms with Crippen molar-refractivity contribution >= 4 is 5.91 Å². The van der Waals surface area contributed by atoms with Gasteiger partial charge in [-0.1, -0.05) is 0 Å². The molecule has 0 saturated carbocycles. The maximum Gasteiger partial charge on any atom is 0.257 e. The summed E-state index contributed by atoms with van der Waals surface area (Å²) in [7, 11) is 1.78. The molecule has 1 aromatic rings. The van der Waals surface area contributed by atoms with Crippen molar-refractivity contribution in [2.45, 2.75) is 39.8 Å². The molecule has 1 heterocycles. The fourth-order valence-electron chi connectivity index (χ4n) is 1.86. The summed E-state index contributed by atoms with van der Waals surface area (Å²) in [6.07, 6.45) is 2.67. The van der Waals surface area contributed by atoms with Crippen LogP contribution in [0.3, 0.4) is 0 Å². The number of aromatic nitrogens is 2. The van der Waals surface area contributed by atoms with Crippen LogP contribution in [-0.2, 0) is 11.3 Å². The van der Waals surface area contributed by atoms with Gasteiger partial charge in [-0.25, -0.2) is 0 Å². The van der Waals surface area contributed by atoms with E-state index in [4.69, 9.17) is 10.5 Å². The fraction of sp³-hybridized carbons (Fsp3) is 0.714. The first-order valence-electron chi connectivity index (χ1n) is 7.07. The first-order chi connectivity index (χ1) is 9.47. The lowest BCUT2D eigenvalue weighted by Gasteiger charge is -2.18. The zero-order valence-corrected chi connectivity index (χ0v) is 12.9. The molecule has 114 valence electrons. The summed E-state index contributed by atoms with van der Waals surface area (Å²) < 4.78 is 7.29. The summed E-state index contributed by atoms with van der Waals surface area (Å²) >= 11 is 0. The molecular formula is C14H26N4O2. The average Bonchev–Trinajstić information content (AvgIpc) is 2.76. The van der Waals surface area contributed by atoms with Gasteiger partial charge in [0.2, 0.25) is 0 Å². The van der Waals surface area contributed by atoms with Crippen molar-refractivity contribution in [3.63, 3.8) is 0 Å². The Morgan fingerprint density at radius 2 is 2.25 bits per heavy atom. The summed E-state index contributed by atoms with van der Waals surface area (Å²) in [5, 5.41) is 4.25. The lowest BCUT2D eigenvalue weighted by atomic mass is 10.2. The number of likely N-dealkylation sites (N-methyl/N-ethyl adjacent to an activating group) is 1. The van der Waals surface area contributed by atoms with Crippen LogP contribution in [0.4, 0.5) is 0 Å². The topological polar surface area (TPSA) is 73.4 Å². The SMILES string of the molecule is Cc1c(C(=O)N(C)CCOC(C)C)cnn1CCCN. The van der Waals surface area contributed by atoms with Gasteiger partial charge in [-0.05, 0) is 33.7 Å². The average molecular weight is 282 g/mol. The van der Waals surface area contributed by atoms with E-state index in [1.54, 1.807) is 18.1 Å². The molecule has 0 radical (unpaired) electrons. The third-order valence-electron chi connectivity index (χ3n) is 3.13. The quantitative estimate of drug-likeness (QED) is 0.773. The summed E-state index contributed by atoms with van der Waals surface area (Å²) in [6.45, 7) is 8.35. The Morgan fingerprint density at radius 3 is 2.85 bits per heavy atom. The minimum Gasteiger partial charge on any atom is -0.377 e. The van der Waals surface area contributed by atoms with E-state index in [-0.39, 0.29) is 12.0 Å². The van der Waals surface area contributed by atoms with Crippen molar-refractivity contribution < 1.29 is 9.53 Å². The molecule has 20 heavy (non-hydrogen) atoms. The van der Waals surface area contributed by atoms with Gasteiger partial charge in [0.15, 0.2) is 0 Å². The van der Waals surface area contributed by atoms with E-state index >= 15 is 0 Å². The Morgan fingerprint density at radius 1 is 1.55 bits per heavy atom. The second kappa shape index (κ2) is 8.01. The normalized spacial score (nSPS) is 11.1. The van der Waals surface area contributed by atoms with Crippen molar-refractivity contribution in [1.82, 2.24) is 14.7 Å². The third kappa shape index (κ3) is 4.61. The highest BCUT2D eigenvalue weighted by molar-refractivity contribution is 5.94. The smallest absolute Gasteiger partial charge is 0.257 e. The molecule has 6 heteroatoms. The summed E-state index contributed by atoms with van der Waals surface area (Å²) in [5.74, 6) is -0.0196. The Balaban J connectivity index is 2.60. The predicted octanol–water partition coefficient (Wildman–Crippen LogP) is 1.04. The molecule has 0 fully saturated rings. The van der Waals surface area contributed by atoms with Crippen molar-refractivity contribution in [1.29, 1.82) is 0 Å². The second-order valence-electron chi connectivity index (χ2n) is 5.16. The van der Waals surface area contributed by atoms with E-state index in [0.717, 1.165) is 18.7 Å². The monoisotopic (exact) mass is 282 g/mol. The Hall–Kier alpha value is -1.40. The Kier molecular flexibility index (Phi) is 6.67. The first kappa shape index (κ1) is 16.7. The zero-order valence-electron chi connectivity index (χ0n) is 12.9. The number of rotatable bonds is 8.